The van der Waals surface area contributed by atoms with Gasteiger partial charge in [0, 0.05) is 23.3 Å². The van der Waals surface area contributed by atoms with Crippen molar-refractivity contribution in [3.63, 3.8) is 0 Å². The predicted octanol–water partition coefficient (Wildman–Crippen LogP) is 5.84. The van der Waals surface area contributed by atoms with E-state index in [1.165, 1.54) is 22.1 Å². The van der Waals surface area contributed by atoms with Crippen LogP contribution in [0, 0.1) is 0 Å². The lowest BCUT2D eigenvalue weighted by atomic mass is 9.96. The molecule has 0 radical (unpaired) electrons. The van der Waals surface area contributed by atoms with Crippen LogP contribution in [0.3, 0.4) is 0 Å². The zero-order valence-corrected chi connectivity index (χ0v) is 14.2. The number of benzene rings is 1. The van der Waals surface area contributed by atoms with Crippen molar-refractivity contribution in [2.24, 2.45) is 0 Å². The van der Waals surface area contributed by atoms with Crippen molar-refractivity contribution in [3.8, 4) is 11.3 Å². The molecule has 0 atom stereocenters. The van der Waals surface area contributed by atoms with Gasteiger partial charge in [0.2, 0.25) is 0 Å². The summed E-state index contributed by atoms with van der Waals surface area (Å²) >= 11 is 0. The SMILES string of the molecule is CC(C)=Cc1cc(-c2ccncc2)nc2c(C(C)C)cccc12. The lowest BCUT2D eigenvalue weighted by Gasteiger charge is -2.13. The second kappa shape index (κ2) is 6.33. The smallest absolute Gasteiger partial charge is 0.0750 e. The molecular weight excluding hydrogens is 280 g/mol. The van der Waals surface area contributed by atoms with Gasteiger partial charge in [0.15, 0.2) is 0 Å². The molecule has 0 unspecified atom stereocenters. The number of nitrogens with zero attached hydrogens (tertiary/aromatic N) is 2. The van der Waals surface area contributed by atoms with Crippen molar-refractivity contribution in [2.75, 3.05) is 0 Å². The van der Waals surface area contributed by atoms with E-state index in [2.05, 4.69) is 63.0 Å². The van der Waals surface area contributed by atoms with Crippen LogP contribution in [-0.4, -0.2) is 9.97 Å². The van der Waals surface area contributed by atoms with E-state index in [9.17, 15) is 0 Å². The minimum absolute atomic E-state index is 0.443. The first-order chi connectivity index (χ1) is 11.1. The first-order valence-corrected chi connectivity index (χ1v) is 8.05. The summed E-state index contributed by atoms with van der Waals surface area (Å²) in [5, 5.41) is 1.22. The van der Waals surface area contributed by atoms with Gasteiger partial charge >= 0.3 is 0 Å². The maximum Gasteiger partial charge on any atom is 0.0750 e. The van der Waals surface area contributed by atoms with Crippen molar-refractivity contribution in [1.29, 1.82) is 0 Å². The molecule has 0 saturated heterocycles. The first-order valence-electron chi connectivity index (χ1n) is 8.05. The van der Waals surface area contributed by atoms with Gasteiger partial charge in [-0.25, -0.2) is 4.98 Å². The molecule has 1 aromatic carbocycles. The Morgan fingerprint density at radius 2 is 1.78 bits per heavy atom. The summed E-state index contributed by atoms with van der Waals surface area (Å²) in [5.74, 6) is 0.443. The number of hydrogen-bond donors (Lipinski definition) is 0. The van der Waals surface area contributed by atoms with Gasteiger partial charge in [-0.2, -0.15) is 0 Å². The quantitative estimate of drug-likeness (QED) is 0.607. The molecular formula is C21H22N2. The Morgan fingerprint density at radius 3 is 2.43 bits per heavy atom. The first kappa shape index (κ1) is 15.4. The summed E-state index contributed by atoms with van der Waals surface area (Å²) in [7, 11) is 0. The van der Waals surface area contributed by atoms with E-state index in [0.717, 1.165) is 16.8 Å². The molecule has 2 heterocycles. The van der Waals surface area contributed by atoms with E-state index in [1.54, 1.807) is 0 Å². The third kappa shape index (κ3) is 3.16. The maximum atomic E-state index is 4.98. The minimum atomic E-state index is 0.443. The topological polar surface area (TPSA) is 25.8 Å². The Balaban J connectivity index is 2.36. The molecule has 2 nitrogen and oxygen atoms in total. The van der Waals surface area contributed by atoms with Gasteiger partial charge in [0.25, 0.3) is 0 Å². The summed E-state index contributed by atoms with van der Waals surface area (Å²) in [6.45, 7) is 8.70. The normalized spacial score (nSPS) is 11.0. The maximum absolute atomic E-state index is 4.98. The third-order valence-corrected chi connectivity index (χ3v) is 3.94. The Hall–Kier alpha value is -2.48. The van der Waals surface area contributed by atoms with Gasteiger partial charge in [-0.05, 0) is 49.1 Å². The summed E-state index contributed by atoms with van der Waals surface area (Å²) in [5.41, 5.74) is 7.01. The molecule has 0 aliphatic rings. The largest absolute Gasteiger partial charge is 0.265 e. The van der Waals surface area contributed by atoms with E-state index < -0.39 is 0 Å². The van der Waals surface area contributed by atoms with E-state index in [0.29, 0.717) is 5.92 Å². The molecule has 0 spiro atoms. The third-order valence-electron chi connectivity index (χ3n) is 3.94. The van der Waals surface area contributed by atoms with Crippen molar-refractivity contribution >= 4 is 17.0 Å². The fourth-order valence-electron chi connectivity index (χ4n) is 2.86. The van der Waals surface area contributed by atoms with Crippen LogP contribution < -0.4 is 0 Å². The number of rotatable bonds is 3. The van der Waals surface area contributed by atoms with E-state index in [-0.39, 0.29) is 0 Å². The van der Waals surface area contributed by atoms with Crippen molar-refractivity contribution in [3.05, 3.63) is 65.5 Å². The predicted molar refractivity (Wildman–Crippen MR) is 98.4 cm³/mol. The van der Waals surface area contributed by atoms with E-state index in [4.69, 9.17) is 4.98 Å². The number of fused-ring (bicyclic) bond motifs is 1. The number of hydrogen-bond acceptors (Lipinski definition) is 2. The summed E-state index contributed by atoms with van der Waals surface area (Å²) < 4.78 is 0. The van der Waals surface area contributed by atoms with Crippen molar-refractivity contribution in [1.82, 2.24) is 9.97 Å². The monoisotopic (exact) mass is 302 g/mol. The van der Waals surface area contributed by atoms with E-state index >= 15 is 0 Å². The van der Waals surface area contributed by atoms with Gasteiger partial charge in [0.05, 0.1) is 11.2 Å². The number of pyridine rings is 2. The van der Waals surface area contributed by atoms with Gasteiger partial charge in [-0.3, -0.25) is 4.98 Å². The summed E-state index contributed by atoms with van der Waals surface area (Å²) in [6, 6.07) is 12.7. The number of aromatic nitrogens is 2. The standard InChI is InChI=1S/C21H22N2/c1-14(2)12-17-13-20(16-8-10-22-11-9-16)23-21-18(15(3)4)6-5-7-19(17)21/h5-13,15H,1-4H3. The van der Waals surface area contributed by atoms with Crippen LogP contribution in [0.15, 0.2) is 54.4 Å². The molecule has 3 rings (SSSR count). The molecule has 0 N–H and O–H groups in total. The minimum Gasteiger partial charge on any atom is -0.265 e. The van der Waals surface area contributed by atoms with Crippen LogP contribution in [0.1, 0.15) is 44.7 Å². The fraction of sp³-hybridized carbons (Fsp3) is 0.238. The number of allylic oxidation sites excluding steroid dienone is 1. The van der Waals surface area contributed by atoms with Crippen LogP contribution in [0.25, 0.3) is 28.2 Å². The Labute approximate surface area is 137 Å². The molecule has 0 aliphatic carbocycles. The highest BCUT2D eigenvalue weighted by molar-refractivity contribution is 5.92. The molecule has 0 aliphatic heterocycles. The van der Waals surface area contributed by atoms with Gasteiger partial charge < -0.3 is 0 Å². The average molecular weight is 302 g/mol. The molecule has 3 aromatic rings. The number of para-hydroxylation sites is 1. The Bertz CT molecular complexity index is 858. The van der Waals surface area contributed by atoms with Crippen LogP contribution in [0.4, 0.5) is 0 Å². The summed E-state index contributed by atoms with van der Waals surface area (Å²) in [4.78, 5) is 9.09. The lowest BCUT2D eigenvalue weighted by molar-refractivity contribution is 0.873. The van der Waals surface area contributed by atoms with Gasteiger partial charge in [-0.1, -0.05) is 43.7 Å². The lowest BCUT2D eigenvalue weighted by Crippen LogP contribution is -1.96. The van der Waals surface area contributed by atoms with Crippen LogP contribution in [0.2, 0.25) is 0 Å². The van der Waals surface area contributed by atoms with Crippen molar-refractivity contribution < 1.29 is 0 Å². The van der Waals surface area contributed by atoms with Crippen LogP contribution in [0.5, 0.6) is 0 Å². The highest BCUT2D eigenvalue weighted by atomic mass is 14.7. The van der Waals surface area contributed by atoms with E-state index in [1.807, 2.05) is 24.5 Å². The second-order valence-electron chi connectivity index (χ2n) is 6.45. The molecule has 2 heteroatoms. The summed E-state index contributed by atoms with van der Waals surface area (Å²) in [6.07, 6.45) is 5.87. The molecule has 2 aromatic heterocycles. The molecule has 116 valence electrons. The van der Waals surface area contributed by atoms with Crippen LogP contribution in [-0.2, 0) is 0 Å². The molecule has 0 bridgehead atoms. The van der Waals surface area contributed by atoms with Crippen LogP contribution >= 0.6 is 0 Å². The second-order valence-corrected chi connectivity index (χ2v) is 6.45. The van der Waals surface area contributed by atoms with Gasteiger partial charge in [-0.15, -0.1) is 0 Å². The Kier molecular flexibility index (Phi) is 4.24. The molecule has 0 fully saturated rings. The Morgan fingerprint density at radius 1 is 1.04 bits per heavy atom. The van der Waals surface area contributed by atoms with Crippen molar-refractivity contribution in [2.45, 2.75) is 33.6 Å². The zero-order valence-electron chi connectivity index (χ0n) is 14.2. The molecule has 0 saturated carbocycles. The fourth-order valence-corrected chi connectivity index (χ4v) is 2.86. The highest BCUT2D eigenvalue weighted by Crippen LogP contribution is 2.30. The average Bonchev–Trinajstić information content (AvgIpc) is 2.54. The highest BCUT2D eigenvalue weighted by Gasteiger charge is 2.11. The molecule has 0 amide bonds. The molecule has 23 heavy (non-hydrogen) atoms. The van der Waals surface area contributed by atoms with Gasteiger partial charge in [0.1, 0.15) is 0 Å². The zero-order chi connectivity index (χ0) is 16.4.